The van der Waals surface area contributed by atoms with Gasteiger partial charge in [0.05, 0.1) is 23.4 Å². The van der Waals surface area contributed by atoms with Crippen molar-refractivity contribution in [1.82, 2.24) is 20.0 Å². The maximum Gasteiger partial charge on any atom is 0.0670 e. The van der Waals surface area contributed by atoms with Crippen molar-refractivity contribution in [3.63, 3.8) is 0 Å². The molecule has 5 nitrogen and oxygen atoms in total. The summed E-state index contributed by atoms with van der Waals surface area (Å²) in [6.45, 7) is 9.40. The zero-order valence-electron chi connectivity index (χ0n) is 12.9. The van der Waals surface area contributed by atoms with E-state index in [1.165, 1.54) is 11.3 Å². The number of aromatic nitrogens is 4. The zero-order chi connectivity index (χ0) is 15.0. The molecule has 0 radical (unpaired) electrons. The standard InChI is InChI=1S/C16H21N5/c1-5-21-12(4)16(11(3)20-21)10(2)18-14-7-6-13-9-17-19-15(13)8-14/h6-10,18H,5H2,1-4H3,(H,17,19). The molecule has 5 heteroatoms. The second-order valence-corrected chi connectivity index (χ2v) is 5.44. The number of nitrogens with one attached hydrogen (secondary N) is 2. The fraction of sp³-hybridized carbons (Fsp3) is 0.375. The second-order valence-electron chi connectivity index (χ2n) is 5.44. The van der Waals surface area contributed by atoms with Crippen molar-refractivity contribution >= 4 is 16.6 Å². The summed E-state index contributed by atoms with van der Waals surface area (Å²) < 4.78 is 2.06. The maximum atomic E-state index is 4.59. The molecule has 1 unspecified atom stereocenters. The summed E-state index contributed by atoms with van der Waals surface area (Å²) in [4.78, 5) is 0. The van der Waals surface area contributed by atoms with Gasteiger partial charge in [-0.15, -0.1) is 0 Å². The quantitative estimate of drug-likeness (QED) is 0.769. The van der Waals surface area contributed by atoms with Crippen molar-refractivity contribution in [3.05, 3.63) is 41.3 Å². The van der Waals surface area contributed by atoms with Gasteiger partial charge in [0.25, 0.3) is 0 Å². The molecule has 21 heavy (non-hydrogen) atoms. The van der Waals surface area contributed by atoms with Crippen LogP contribution in [0.4, 0.5) is 5.69 Å². The van der Waals surface area contributed by atoms with Gasteiger partial charge in [-0.25, -0.2) is 0 Å². The molecular formula is C16H21N5. The summed E-state index contributed by atoms with van der Waals surface area (Å²) in [7, 11) is 0. The number of fused-ring (bicyclic) bond motifs is 1. The van der Waals surface area contributed by atoms with Crippen LogP contribution in [0.3, 0.4) is 0 Å². The molecule has 0 fully saturated rings. The van der Waals surface area contributed by atoms with Crippen LogP contribution >= 0.6 is 0 Å². The highest BCUT2D eigenvalue weighted by Crippen LogP contribution is 2.26. The van der Waals surface area contributed by atoms with Gasteiger partial charge in [-0.2, -0.15) is 10.2 Å². The monoisotopic (exact) mass is 283 g/mol. The van der Waals surface area contributed by atoms with E-state index in [2.05, 4.69) is 71.2 Å². The molecule has 0 spiro atoms. The summed E-state index contributed by atoms with van der Waals surface area (Å²) in [5.41, 5.74) is 5.74. The van der Waals surface area contributed by atoms with Gasteiger partial charge in [0.2, 0.25) is 0 Å². The van der Waals surface area contributed by atoms with Crippen molar-refractivity contribution < 1.29 is 0 Å². The minimum absolute atomic E-state index is 0.214. The Morgan fingerprint density at radius 2 is 2.14 bits per heavy atom. The largest absolute Gasteiger partial charge is 0.378 e. The average Bonchev–Trinajstić information content (AvgIpc) is 3.02. The maximum absolute atomic E-state index is 4.59. The van der Waals surface area contributed by atoms with E-state index in [9.17, 15) is 0 Å². The van der Waals surface area contributed by atoms with Crippen LogP contribution < -0.4 is 5.32 Å². The lowest BCUT2D eigenvalue weighted by atomic mass is 10.1. The Bertz CT molecular complexity index is 768. The van der Waals surface area contributed by atoms with Gasteiger partial charge in [-0.3, -0.25) is 9.78 Å². The van der Waals surface area contributed by atoms with E-state index in [-0.39, 0.29) is 6.04 Å². The van der Waals surface area contributed by atoms with Crippen molar-refractivity contribution in [2.24, 2.45) is 0 Å². The zero-order valence-corrected chi connectivity index (χ0v) is 12.9. The molecule has 2 N–H and O–H groups in total. The van der Waals surface area contributed by atoms with E-state index in [0.29, 0.717) is 0 Å². The third-order valence-corrected chi connectivity index (χ3v) is 4.00. The molecular weight excluding hydrogens is 262 g/mol. The Labute approximate surface area is 124 Å². The van der Waals surface area contributed by atoms with E-state index in [1.807, 2.05) is 6.20 Å². The number of aromatic amines is 1. The van der Waals surface area contributed by atoms with E-state index in [1.54, 1.807) is 0 Å². The smallest absolute Gasteiger partial charge is 0.0670 e. The lowest BCUT2D eigenvalue weighted by molar-refractivity contribution is 0.632. The molecule has 2 aromatic heterocycles. The summed E-state index contributed by atoms with van der Waals surface area (Å²) in [6, 6.07) is 6.46. The molecule has 3 rings (SSSR count). The third kappa shape index (κ3) is 2.39. The summed E-state index contributed by atoms with van der Waals surface area (Å²) in [5.74, 6) is 0. The highest BCUT2D eigenvalue weighted by molar-refractivity contribution is 5.81. The van der Waals surface area contributed by atoms with Gasteiger partial charge in [0.1, 0.15) is 0 Å². The fourth-order valence-corrected chi connectivity index (χ4v) is 2.99. The second kappa shape index (κ2) is 5.24. The number of nitrogens with zero attached hydrogens (tertiary/aromatic N) is 3. The Morgan fingerprint density at radius 1 is 1.33 bits per heavy atom. The number of anilines is 1. The van der Waals surface area contributed by atoms with Crippen molar-refractivity contribution in [2.75, 3.05) is 5.32 Å². The Kier molecular flexibility index (Phi) is 3.41. The first-order chi connectivity index (χ1) is 10.1. The van der Waals surface area contributed by atoms with Gasteiger partial charge in [0, 0.05) is 28.9 Å². The number of rotatable bonds is 4. The summed E-state index contributed by atoms with van der Waals surface area (Å²) in [6.07, 6.45) is 1.84. The lowest BCUT2D eigenvalue weighted by Gasteiger charge is -2.16. The number of aryl methyl sites for hydroxylation is 2. The molecule has 0 aliphatic carbocycles. The highest BCUT2D eigenvalue weighted by Gasteiger charge is 2.17. The Balaban J connectivity index is 1.88. The van der Waals surface area contributed by atoms with Crippen LogP contribution in [0.15, 0.2) is 24.4 Å². The fourth-order valence-electron chi connectivity index (χ4n) is 2.99. The molecule has 2 heterocycles. The molecule has 0 amide bonds. The summed E-state index contributed by atoms with van der Waals surface area (Å²) >= 11 is 0. The minimum atomic E-state index is 0.214. The van der Waals surface area contributed by atoms with Gasteiger partial charge < -0.3 is 5.32 Å². The van der Waals surface area contributed by atoms with Crippen molar-refractivity contribution in [3.8, 4) is 0 Å². The van der Waals surface area contributed by atoms with E-state index in [4.69, 9.17) is 0 Å². The minimum Gasteiger partial charge on any atom is -0.378 e. The molecule has 1 aromatic carbocycles. The van der Waals surface area contributed by atoms with Gasteiger partial charge >= 0.3 is 0 Å². The molecule has 110 valence electrons. The van der Waals surface area contributed by atoms with Crippen LogP contribution in [0.2, 0.25) is 0 Å². The van der Waals surface area contributed by atoms with Crippen LogP contribution in [0.25, 0.3) is 10.9 Å². The van der Waals surface area contributed by atoms with Gasteiger partial charge in [-0.1, -0.05) is 0 Å². The average molecular weight is 283 g/mol. The highest BCUT2D eigenvalue weighted by atomic mass is 15.3. The topological polar surface area (TPSA) is 58.5 Å². The Hall–Kier alpha value is -2.30. The van der Waals surface area contributed by atoms with Gasteiger partial charge in [0.15, 0.2) is 0 Å². The van der Waals surface area contributed by atoms with E-state index in [0.717, 1.165) is 28.8 Å². The molecule has 0 saturated carbocycles. The first-order valence-electron chi connectivity index (χ1n) is 7.33. The summed E-state index contributed by atoms with van der Waals surface area (Å²) in [5, 5.41) is 16.3. The number of hydrogen-bond acceptors (Lipinski definition) is 3. The molecule has 3 aromatic rings. The molecule has 0 aliphatic heterocycles. The lowest BCUT2D eigenvalue weighted by Crippen LogP contribution is -2.09. The number of hydrogen-bond donors (Lipinski definition) is 2. The first-order valence-corrected chi connectivity index (χ1v) is 7.33. The van der Waals surface area contributed by atoms with Crippen molar-refractivity contribution in [2.45, 2.75) is 40.3 Å². The normalized spacial score (nSPS) is 12.8. The molecule has 0 bridgehead atoms. The van der Waals surface area contributed by atoms with Crippen LogP contribution in [-0.2, 0) is 6.54 Å². The Morgan fingerprint density at radius 3 is 2.86 bits per heavy atom. The van der Waals surface area contributed by atoms with Crippen LogP contribution in [0.1, 0.15) is 36.8 Å². The predicted octanol–water partition coefficient (Wildman–Crippen LogP) is 3.57. The molecule has 1 atom stereocenters. The van der Waals surface area contributed by atoms with Crippen LogP contribution in [0, 0.1) is 13.8 Å². The van der Waals surface area contributed by atoms with Crippen LogP contribution in [-0.4, -0.2) is 20.0 Å². The van der Waals surface area contributed by atoms with E-state index < -0.39 is 0 Å². The van der Waals surface area contributed by atoms with E-state index >= 15 is 0 Å². The van der Waals surface area contributed by atoms with Gasteiger partial charge in [-0.05, 0) is 45.9 Å². The van der Waals surface area contributed by atoms with Crippen LogP contribution in [0.5, 0.6) is 0 Å². The molecule has 0 saturated heterocycles. The van der Waals surface area contributed by atoms with Crippen molar-refractivity contribution in [1.29, 1.82) is 0 Å². The number of benzene rings is 1. The first kappa shape index (κ1) is 13.7. The predicted molar refractivity (Wildman–Crippen MR) is 85.5 cm³/mol. The number of H-pyrrole nitrogens is 1. The molecule has 0 aliphatic rings. The SMILES string of the molecule is CCn1nc(C)c(C(C)Nc2ccc3cn[nH]c3c2)c1C. The third-order valence-electron chi connectivity index (χ3n) is 4.00.